The molecule has 1 aromatic carbocycles. The molecule has 0 N–H and O–H groups in total. The Bertz CT molecular complexity index is 669. The van der Waals surface area contributed by atoms with Crippen molar-refractivity contribution in [3.05, 3.63) is 29.3 Å². The van der Waals surface area contributed by atoms with Gasteiger partial charge in [-0.1, -0.05) is 12.8 Å². The van der Waals surface area contributed by atoms with E-state index >= 15 is 0 Å². The maximum absolute atomic E-state index is 12.8. The lowest BCUT2D eigenvalue weighted by Gasteiger charge is -2.27. The van der Waals surface area contributed by atoms with E-state index in [1.807, 2.05) is 6.92 Å². The summed E-state index contributed by atoms with van der Waals surface area (Å²) in [7, 11) is 1.71. The van der Waals surface area contributed by atoms with E-state index in [1.54, 1.807) is 30.1 Å². The molecular weight excluding hydrogens is 266 g/mol. The summed E-state index contributed by atoms with van der Waals surface area (Å²) in [5.41, 5.74) is 1.23. The lowest BCUT2D eigenvalue weighted by atomic mass is 9.96. The number of benzene rings is 1. The number of carbonyl (C=O) groups excluding carboxylic acids is 2. The fraction of sp³-hybridized carbons (Fsp3) is 0.438. The SMILES string of the molecule is Cc1cc(N2C(=O)N(C)C3(CCCC3)C2=O)ccc1C#N. The number of imide groups is 1. The minimum atomic E-state index is -0.654. The number of hydrogen-bond donors (Lipinski definition) is 0. The Balaban J connectivity index is 2.03. The van der Waals surface area contributed by atoms with E-state index < -0.39 is 5.54 Å². The summed E-state index contributed by atoms with van der Waals surface area (Å²) in [4.78, 5) is 28.2. The van der Waals surface area contributed by atoms with Gasteiger partial charge < -0.3 is 4.90 Å². The predicted octanol–water partition coefficient (Wildman–Crippen LogP) is 2.58. The number of anilines is 1. The molecule has 2 fully saturated rings. The zero-order chi connectivity index (χ0) is 15.2. The van der Waals surface area contributed by atoms with Crippen LogP contribution >= 0.6 is 0 Å². The lowest BCUT2D eigenvalue weighted by molar-refractivity contribution is -0.124. The van der Waals surface area contributed by atoms with Crippen molar-refractivity contribution in [3.8, 4) is 6.07 Å². The van der Waals surface area contributed by atoms with E-state index in [4.69, 9.17) is 5.26 Å². The summed E-state index contributed by atoms with van der Waals surface area (Å²) in [6, 6.07) is 6.88. The summed E-state index contributed by atoms with van der Waals surface area (Å²) in [6.07, 6.45) is 3.42. The summed E-state index contributed by atoms with van der Waals surface area (Å²) in [5, 5.41) is 8.98. The summed E-state index contributed by atoms with van der Waals surface area (Å²) in [6.45, 7) is 1.81. The number of nitrogens with zero attached hydrogens (tertiary/aromatic N) is 3. The lowest BCUT2D eigenvalue weighted by Crippen LogP contribution is -2.45. The van der Waals surface area contributed by atoms with Gasteiger partial charge in [-0.2, -0.15) is 5.26 Å². The van der Waals surface area contributed by atoms with Gasteiger partial charge >= 0.3 is 6.03 Å². The number of urea groups is 1. The smallest absolute Gasteiger partial charge is 0.312 e. The molecule has 1 heterocycles. The second-order valence-corrected chi connectivity index (χ2v) is 5.83. The number of nitriles is 1. The van der Waals surface area contributed by atoms with E-state index in [0.29, 0.717) is 11.3 Å². The molecule has 5 heteroatoms. The number of rotatable bonds is 1. The molecule has 1 saturated heterocycles. The van der Waals surface area contributed by atoms with Gasteiger partial charge in [0.15, 0.2) is 0 Å². The highest BCUT2D eigenvalue weighted by atomic mass is 16.2. The van der Waals surface area contributed by atoms with Gasteiger partial charge in [-0.3, -0.25) is 4.79 Å². The molecule has 1 aliphatic heterocycles. The minimum absolute atomic E-state index is 0.128. The fourth-order valence-corrected chi connectivity index (χ4v) is 3.42. The third kappa shape index (κ3) is 1.75. The summed E-state index contributed by atoms with van der Waals surface area (Å²) >= 11 is 0. The van der Waals surface area contributed by atoms with Crippen molar-refractivity contribution >= 4 is 17.6 Å². The summed E-state index contributed by atoms with van der Waals surface area (Å²) < 4.78 is 0. The van der Waals surface area contributed by atoms with E-state index in [0.717, 1.165) is 31.2 Å². The number of carbonyl (C=O) groups is 2. The van der Waals surface area contributed by atoms with Crippen LogP contribution in [0.1, 0.15) is 36.8 Å². The average Bonchev–Trinajstić information content (AvgIpc) is 3.02. The van der Waals surface area contributed by atoms with Gasteiger partial charge in [0.1, 0.15) is 5.54 Å². The van der Waals surface area contributed by atoms with Gasteiger partial charge in [0.2, 0.25) is 0 Å². The van der Waals surface area contributed by atoms with Crippen molar-refractivity contribution in [2.75, 3.05) is 11.9 Å². The van der Waals surface area contributed by atoms with Crippen molar-refractivity contribution in [1.82, 2.24) is 4.90 Å². The molecule has 3 amide bonds. The molecule has 0 radical (unpaired) electrons. The van der Waals surface area contributed by atoms with Gasteiger partial charge in [-0.25, -0.2) is 9.69 Å². The molecule has 1 saturated carbocycles. The number of likely N-dealkylation sites (N-methyl/N-ethyl adjacent to an activating group) is 1. The second kappa shape index (κ2) is 4.59. The number of aryl methyl sites for hydroxylation is 1. The standard InChI is InChI=1S/C16H17N3O2/c1-11-9-13(6-5-12(11)10-17)19-14(20)16(7-3-4-8-16)18(2)15(19)21/h5-6,9H,3-4,7-8H2,1-2H3. The minimum Gasteiger partial charge on any atom is -0.312 e. The van der Waals surface area contributed by atoms with Crippen LogP contribution in [0.5, 0.6) is 0 Å². The van der Waals surface area contributed by atoms with Crippen molar-refractivity contribution in [3.63, 3.8) is 0 Å². The van der Waals surface area contributed by atoms with Crippen LogP contribution in [0.3, 0.4) is 0 Å². The molecule has 0 atom stereocenters. The van der Waals surface area contributed by atoms with Gasteiger partial charge in [0.05, 0.1) is 17.3 Å². The Morgan fingerprint density at radius 3 is 2.48 bits per heavy atom. The first-order valence-corrected chi connectivity index (χ1v) is 7.14. The highest BCUT2D eigenvalue weighted by Crippen LogP contribution is 2.42. The van der Waals surface area contributed by atoms with Crippen LogP contribution in [0.15, 0.2) is 18.2 Å². The van der Waals surface area contributed by atoms with Gasteiger partial charge in [0, 0.05) is 7.05 Å². The van der Waals surface area contributed by atoms with Crippen LogP contribution in [0.4, 0.5) is 10.5 Å². The quantitative estimate of drug-likeness (QED) is 0.744. The zero-order valence-electron chi connectivity index (χ0n) is 12.2. The first-order chi connectivity index (χ1) is 10.0. The van der Waals surface area contributed by atoms with Crippen molar-refractivity contribution in [1.29, 1.82) is 5.26 Å². The molecule has 0 bridgehead atoms. The van der Waals surface area contributed by atoms with Crippen LogP contribution < -0.4 is 4.90 Å². The van der Waals surface area contributed by atoms with Gasteiger partial charge in [0.25, 0.3) is 5.91 Å². The van der Waals surface area contributed by atoms with Crippen LogP contribution in [-0.2, 0) is 4.79 Å². The molecule has 5 nitrogen and oxygen atoms in total. The maximum atomic E-state index is 12.8. The third-order valence-electron chi connectivity index (χ3n) is 4.74. The highest BCUT2D eigenvalue weighted by molar-refractivity contribution is 6.23. The normalized spacial score (nSPS) is 20.4. The van der Waals surface area contributed by atoms with Crippen molar-refractivity contribution in [2.45, 2.75) is 38.1 Å². The molecule has 3 rings (SSSR count). The second-order valence-electron chi connectivity index (χ2n) is 5.83. The molecule has 21 heavy (non-hydrogen) atoms. The average molecular weight is 283 g/mol. The van der Waals surface area contributed by atoms with Crippen LogP contribution in [0.2, 0.25) is 0 Å². The largest absolute Gasteiger partial charge is 0.332 e. The topological polar surface area (TPSA) is 64.4 Å². The Morgan fingerprint density at radius 1 is 1.24 bits per heavy atom. The Morgan fingerprint density at radius 2 is 1.90 bits per heavy atom. The molecule has 2 aliphatic rings. The van der Waals surface area contributed by atoms with Crippen LogP contribution in [-0.4, -0.2) is 29.4 Å². The monoisotopic (exact) mass is 283 g/mol. The van der Waals surface area contributed by atoms with E-state index in [-0.39, 0.29) is 11.9 Å². The van der Waals surface area contributed by atoms with Crippen molar-refractivity contribution < 1.29 is 9.59 Å². The van der Waals surface area contributed by atoms with E-state index in [1.165, 1.54) is 4.90 Å². The van der Waals surface area contributed by atoms with Gasteiger partial charge in [-0.15, -0.1) is 0 Å². The summed E-state index contributed by atoms with van der Waals surface area (Å²) in [5.74, 6) is -0.128. The molecule has 0 aromatic heterocycles. The Kier molecular flexibility index (Phi) is 2.98. The molecule has 0 unspecified atom stereocenters. The predicted molar refractivity (Wildman–Crippen MR) is 77.7 cm³/mol. The van der Waals surface area contributed by atoms with E-state index in [9.17, 15) is 9.59 Å². The Hall–Kier alpha value is -2.35. The number of amides is 3. The van der Waals surface area contributed by atoms with Crippen LogP contribution in [0, 0.1) is 18.3 Å². The Labute approximate surface area is 123 Å². The van der Waals surface area contributed by atoms with E-state index in [2.05, 4.69) is 6.07 Å². The molecular formula is C16H17N3O2. The van der Waals surface area contributed by atoms with Crippen molar-refractivity contribution in [2.24, 2.45) is 0 Å². The zero-order valence-corrected chi connectivity index (χ0v) is 12.2. The molecule has 1 aromatic rings. The maximum Gasteiger partial charge on any atom is 0.332 e. The highest BCUT2D eigenvalue weighted by Gasteiger charge is 2.57. The van der Waals surface area contributed by atoms with Gasteiger partial charge in [-0.05, 0) is 43.5 Å². The first kappa shape index (κ1) is 13.6. The first-order valence-electron chi connectivity index (χ1n) is 7.14. The number of hydrogen-bond acceptors (Lipinski definition) is 3. The fourth-order valence-electron chi connectivity index (χ4n) is 3.42. The molecule has 1 aliphatic carbocycles. The molecule has 108 valence electrons. The molecule has 1 spiro atoms. The van der Waals surface area contributed by atoms with Crippen LogP contribution in [0.25, 0.3) is 0 Å². The third-order valence-corrected chi connectivity index (χ3v) is 4.74.